The molecule has 1 aliphatic rings. The predicted octanol–water partition coefficient (Wildman–Crippen LogP) is 3.67. The minimum Gasteiger partial charge on any atom is -0.271 e. The minimum absolute atomic E-state index is 0.119. The standard InChI is InChI=1S/C16H19FN2/c17-15-10-9-14(12-7-3-4-8-13(12)15)16(19-18)11-5-1-2-6-11/h3-4,7-11,16,19H,1-2,5-6,18H2. The number of hydrogen-bond acceptors (Lipinski definition) is 2. The molecular weight excluding hydrogens is 239 g/mol. The molecule has 0 bridgehead atoms. The molecule has 1 atom stereocenters. The number of halogens is 1. The third-order valence-corrected chi connectivity index (χ3v) is 4.29. The van der Waals surface area contributed by atoms with Crippen LogP contribution in [0.1, 0.15) is 37.3 Å². The number of hydrazine groups is 1. The molecule has 2 aromatic rings. The molecule has 0 amide bonds. The van der Waals surface area contributed by atoms with Gasteiger partial charge in [0.05, 0.1) is 0 Å². The Bertz CT molecular complexity index is 576. The Hall–Kier alpha value is -1.45. The van der Waals surface area contributed by atoms with Crippen LogP contribution in [0.25, 0.3) is 10.8 Å². The normalized spacial score (nSPS) is 18.0. The Morgan fingerprint density at radius 3 is 2.42 bits per heavy atom. The largest absolute Gasteiger partial charge is 0.271 e. The second kappa shape index (κ2) is 5.27. The molecule has 0 aromatic heterocycles. The lowest BCUT2D eigenvalue weighted by Gasteiger charge is -2.24. The van der Waals surface area contributed by atoms with Crippen molar-refractivity contribution in [2.45, 2.75) is 31.7 Å². The molecule has 3 N–H and O–H groups in total. The highest BCUT2D eigenvalue weighted by Crippen LogP contribution is 2.38. The Morgan fingerprint density at radius 1 is 1.05 bits per heavy atom. The van der Waals surface area contributed by atoms with Gasteiger partial charge in [0.1, 0.15) is 5.82 Å². The fourth-order valence-corrected chi connectivity index (χ4v) is 3.33. The van der Waals surface area contributed by atoms with E-state index in [2.05, 4.69) is 5.43 Å². The van der Waals surface area contributed by atoms with Crippen LogP contribution in [0, 0.1) is 11.7 Å². The van der Waals surface area contributed by atoms with Gasteiger partial charge in [0.15, 0.2) is 0 Å². The molecule has 0 aliphatic heterocycles. The summed E-state index contributed by atoms with van der Waals surface area (Å²) < 4.78 is 13.9. The quantitative estimate of drug-likeness (QED) is 0.651. The van der Waals surface area contributed by atoms with E-state index >= 15 is 0 Å². The predicted molar refractivity (Wildman–Crippen MR) is 75.9 cm³/mol. The lowest BCUT2D eigenvalue weighted by molar-refractivity contribution is 0.375. The minimum atomic E-state index is -0.165. The summed E-state index contributed by atoms with van der Waals surface area (Å²) in [4.78, 5) is 0. The van der Waals surface area contributed by atoms with Gasteiger partial charge in [0, 0.05) is 11.4 Å². The molecule has 1 fully saturated rings. The number of nitrogens with one attached hydrogen (secondary N) is 1. The zero-order chi connectivity index (χ0) is 13.2. The van der Waals surface area contributed by atoms with Crippen LogP contribution >= 0.6 is 0 Å². The molecule has 3 heteroatoms. The van der Waals surface area contributed by atoms with E-state index in [9.17, 15) is 4.39 Å². The van der Waals surface area contributed by atoms with E-state index in [0.29, 0.717) is 11.3 Å². The molecule has 1 aliphatic carbocycles. The van der Waals surface area contributed by atoms with Crippen molar-refractivity contribution in [3.8, 4) is 0 Å². The smallest absolute Gasteiger partial charge is 0.131 e. The molecule has 0 saturated heterocycles. The van der Waals surface area contributed by atoms with Gasteiger partial charge in [-0.15, -0.1) is 0 Å². The summed E-state index contributed by atoms with van der Waals surface area (Å²) in [5.74, 6) is 6.16. The van der Waals surface area contributed by atoms with Crippen LogP contribution in [-0.4, -0.2) is 0 Å². The van der Waals surface area contributed by atoms with Gasteiger partial charge in [-0.3, -0.25) is 11.3 Å². The van der Waals surface area contributed by atoms with Crippen molar-refractivity contribution < 1.29 is 4.39 Å². The molecule has 1 unspecified atom stereocenters. The highest BCUT2D eigenvalue weighted by Gasteiger charge is 2.26. The van der Waals surface area contributed by atoms with E-state index in [-0.39, 0.29) is 11.9 Å². The van der Waals surface area contributed by atoms with Gasteiger partial charge in [0.25, 0.3) is 0 Å². The fourth-order valence-electron chi connectivity index (χ4n) is 3.33. The first kappa shape index (κ1) is 12.6. The first-order chi connectivity index (χ1) is 9.31. The zero-order valence-electron chi connectivity index (χ0n) is 10.9. The van der Waals surface area contributed by atoms with Crippen molar-refractivity contribution in [1.82, 2.24) is 5.43 Å². The maximum absolute atomic E-state index is 13.9. The van der Waals surface area contributed by atoms with Crippen LogP contribution in [-0.2, 0) is 0 Å². The summed E-state index contributed by atoms with van der Waals surface area (Å²) in [6.07, 6.45) is 4.92. The maximum atomic E-state index is 13.9. The van der Waals surface area contributed by atoms with Crippen LogP contribution in [0.3, 0.4) is 0 Å². The molecule has 3 rings (SSSR count). The fraction of sp³-hybridized carbons (Fsp3) is 0.375. The van der Waals surface area contributed by atoms with Gasteiger partial charge in [0.2, 0.25) is 0 Å². The highest BCUT2D eigenvalue weighted by molar-refractivity contribution is 5.86. The zero-order valence-corrected chi connectivity index (χ0v) is 10.9. The second-order valence-corrected chi connectivity index (χ2v) is 5.37. The summed E-state index contributed by atoms with van der Waals surface area (Å²) in [6, 6.07) is 11.2. The average Bonchev–Trinajstić information content (AvgIpc) is 2.96. The van der Waals surface area contributed by atoms with E-state index in [0.717, 1.165) is 10.9 Å². The SMILES string of the molecule is NNC(c1ccc(F)c2ccccc12)C1CCCC1. The monoisotopic (exact) mass is 258 g/mol. The Morgan fingerprint density at radius 2 is 1.74 bits per heavy atom. The molecule has 0 heterocycles. The van der Waals surface area contributed by atoms with Crippen LogP contribution in [0.15, 0.2) is 36.4 Å². The Balaban J connectivity index is 2.10. The molecule has 0 radical (unpaired) electrons. The van der Waals surface area contributed by atoms with Gasteiger partial charge in [-0.25, -0.2) is 4.39 Å². The molecular formula is C16H19FN2. The third-order valence-electron chi connectivity index (χ3n) is 4.29. The molecule has 1 saturated carbocycles. The van der Waals surface area contributed by atoms with Crippen molar-refractivity contribution >= 4 is 10.8 Å². The van der Waals surface area contributed by atoms with Crippen LogP contribution in [0.5, 0.6) is 0 Å². The van der Waals surface area contributed by atoms with E-state index in [1.807, 2.05) is 30.3 Å². The molecule has 2 nitrogen and oxygen atoms in total. The third kappa shape index (κ3) is 2.24. The first-order valence-corrected chi connectivity index (χ1v) is 6.94. The molecule has 100 valence electrons. The topological polar surface area (TPSA) is 38.0 Å². The van der Waals surface area contributed by atoms with Gasteiger partial charge in [-0.2, -0.15) is 0 Å². The van der Waals surface area contributed by atoms with Crippen LogP contribution < -0.4 is 11.3 Å². The summed E-state index contributed by atoms with van der Waals surface area (Å²) >= 11 is 0. The van der Waals surface area contributed by atoms with E-state index in [1.54, 1.807) is 6.07 Å². The average molecular weight is 258 g/mol. The van der Waals surface area contributed by atoms with Gasteiger partial charge in [-0.1, -0.05) is 43.2 Å². The number of hydrogen-bond donors (Lipinski definition) is 2. The van der Waals surface area contributed by atoms with Gasteiger partial charge < -0.3 is 0 Å². The summed E-state index contributed by atoms with van der Waals surface area (Å²) in [7, 11) is 0. The molecule has 0 spiro atoms. The van der Waals surface area contributed by atoms with Crippen molar-refractivity contribution in [2.75, 3.05) is 0 Å². The Labute approximate surface area is 112 Å². The van der Waals surface area contributed by atoms with Crippen LogP contribution in [0.4, 0.5) is 4.39 Å². The van der Waals surface area contributed by atoms with Crippen molar-refractivity contribution in [1.29, 1.82) is 0 Å². The van der Waals surface area contributed by atoms with Crippen molar-refractivity contribution in [2.24, 2.45) is 11.8 Å². The van der Waals surface area contributed by atoms with Gasteiger partial charge in [-0.05, 0) is 35.8 Å². The number of nitrogens with two attached hydrogens (primary N) is 1. The lowest BCUT2D eigenvalue weighted by Crippen LogP contribution is -2.32. The summed E-state index contributed by atoms with van der Waals surface area (Å²) in [5.41, 5.74) is 4.07. The molecule has 2 aromatic carbocycles. The summed E-state index contributed by atoms with van der Waals surface area (Å²) in [6.45, 7) is 0. The number of benzene rings is 2. The highest BCUT2D eigenvalue weighted by atomic mass is 19.1. The maximum Gasteiger partial charge on any atom is 0.131 e. The van der Waals surface area contributed by atoms with Gasteiger partial charge >= 0.3 is 0 Å². The van der Waals surface area contributed by atoms with E-state index in [4.69, 9.17) is 5.84 Å². The summed E-state index contributed by atoms with van der Waals surface area (Å²) in [5, 5.41) is 1.65. The second-order valence-electron chi connectivity index (χ2n) is 5.37. The van der Waals surface area contributed by atoms with E-state index < -0.39 is 0 Å². The Kier molecular flexibility index (Phi) is 3.49. The lowest BCUT2D eigenvalue weighted by atomic mass is 9.89. The van der Waals surface area contributed by atoms with Crippen molar-refractivity contribution in [3.05, 3.63) is 47.8 Å². The van der Waals surface area contributed by atoms with Crippen molar-refractivity contribution in [3.63, 3.8) is 0 Å². The molecule has 19 heavy (non-hydrogen) atoms. The number of rotatable bonds is 3. The van der Waals surface area contributed by atoms with E-state index in [1.165, 1.54) is 25.7 Å². The van der Waals surface area contributed by atoms with Crippen LogP contribution in [0.2, 0.25) is 0 Å². The first-order valence-electron chi connectivity index (χ1n) is 6.94. The number of fused-ring (bicyclic) bond motifs is 1.